The molecule has 0 radical (unpaired) electrons. The molecule has 0 aliphatic rings. The highest BCUT2D eigenvalue weighted by Gasteiger charge is 2.32. The summed E-state index contributed by atoms with van der Waals surface area (Å²) < 4.78 is 53.6. The molecule has 1 aromatic heterocycles. The first-order valence-electron chi connectivity index (χ1n) is 9.97. The number of aromatic nitrogens is 2. The molecule has 2 aromatic carbocycles. The van der Waals surface area contributed by atoms with Crippen LogP contribution in [-0.4, -0.2) is 45.9 Å². The number of rotatable bonds is 6. The van der Waals surface area contributed by atoms with E-state index < -0.39 is 41.7 Å². The first kappa shape index (κ1) is 24.6. The average molecular weight is 476 g/mol. The zero-order valence-electron chi connectivity index (χ0n) is 18.4. The highest BCUT2D eigenvalue weighted by Crippen LogP contribution is 2.31. The maximum absolute atomic E-state index is 13.3. The van der Waals surface area contributed by atoms with Gasteiger partial charge >= 0.3 is 6.18 Å². The van der Waals surface area contributed by atoms with E-state index in [1.165, 1.54) is 51.2 Å². The third kappa shape index (κ3) is 5.30. The summed E-state index contributed by atoms with van der Waals surface area (Å²) in [6.07, 6.45) is -4.56. The maximum atomic E-state index is 13.3. The fraction of sp³-hybridized carbons (Fsp3) is 0.217. The molecule has 0 aliphatic heterocycles. The number of ketones is 1. The number of hydrogen-bond donors (Lipinski definition) is 1. The van der Waals surface area contributed by atoms with E-state index in [4.69, 9.17) is 0 Å². The summed E-state index contributed by atoms with van der Waals surface area (Å²) in [5.41, 5.74) is -0.375. The summed E-state index contributed by atoms with van der Waals surface area (Å²) >= 11 is 0. The number of amides is 2. The fourth-order valence-electron chi connectivity index (χ4n) is 3.37. The number of nitrogens with zero attached hydrogens (tertiary/aromatic N) is 3. The van der Waals surface area contributed by atoms with Gasteiger partial charge in [0.2, 0.25) is 5.91 Å². The molecule has 0 unspecified atom stereocenters. The van der Waals surface area contributed by atoms with Crippen molar-refractivity contribution in [1.29, 1.82) is 0 Å². The Labute approximate surface area is 192 Å². The zero-order chi connectivity index (χ0) is 25.2. The van der Waals surface area contributed by atoms with Gasteiger partial charge < -0.3 is 10.2 Å². The molecule has 3 rings (SSSR count). The predicted octanol–water partition coefficient (Wildman–Crippen LogP) is 3.93. The maximum Gasteiger partial charge on any atom is 0.416 e. The van der Waals surface area contributed by atoms with E-state index >= 15 is 0 Å². The van der Waals surface area contributed by atoms with Gasteiger partial charge in [-0.05, 0) is 50.2 Å². The molecule has 0 saturated heterocycles. The number of benzene rings is 2. The van der Waals surface area contributed by atoms with Crippen molar-refractivity contribution in [3.05, 3.63) is 76.9 Å². The number of nitrogens with one attached hydrogen (secondary N) is 1. The molecule has 0 saturated carbocycles. The second-order valence-electron chi connectivity index (χ2n) is 7.55. The number of Topliss-reactive ketones (excluding diaryl/α,β-unsaturated/α-hetero) is 1. The SMILES string of the molecule is Cc1nn(-c2cccc(C(F)(F)F)c2)c(C)c1C(=O)C(=O)N(C)CC(=O)Nc1cccc(F)c1. The molecule has 7 nitrogen and oxygen atoms in total. The molecule has 34 heavy (non-hydrogen) atoms. The van der Waals surface area contributed by atoms with E-state index in [1.807, 2.05) is 0 Å². The summed E-state index contributed by atoms with van der Waals surface area (Å²) in [5, 5.41) is 6.55. The van der Waals surface area contributed by atoms with Crippen molar-refractivity contribution < 1.29 is 31.9 Å². The van der Waals surface area contributed by atoms with E-state index in [0.717, 1.165) is 27.8 Å². The summed E-state index contributed by atoms with van der Waals surface area (Å²) in [6.45, 7) is 2.42. The second-order valence-corrected chi connectivity index (χ2v) is 7.55. The molecular weight excluding hydrogens is 456 g/mol. The van der Waals surface area contributed by atoms with Crippen LogP contribution in [0.3, 0.4) is 0 Å². The summed E-state index contributed by atoms with van der Waals surface area (Å²) in [4.78, 5) is 38.6. The van der Waals surface area contributed by atoms with Crippen LogP contribution in [0.15, 0.2) is 48.5 Å². The lowest BCUT2D eigenvalue weighted by Crippen LogP contribution is -2.39. The Morgan fingerprint density at radius 2 is 1.74 bits per heavy atom. The Morgan fingerprint density at radius 3 is 2.38 bits per heavy atom. The normalized spacial score (nSPS) is 11.3. The third-order valence-electron chi connectivity index (χ3n) is 4.97. The number of hydrogen-bond acceptors (Lipinski definition) is 4. The van der Waals surface area contributed by atoms with Crippen LogP contribution >= 0.6 is 0 Å². The summed E-state index contributed by atoms with van der Waals surface area (Å²) in [6, 6.07) is 9.57. The van der Waals surface area contributed by atoms with Crippen molar-refractivity contribution in [3.63, 3.8) is 0 Å². The Hall–Kier alpha value is -4.02. The van der Waals surface area contributed by atoms with Crippen molar-refractivity contribution in [2.75, 3.05) is 18.9 Å². The monoisotopic (exact) mass is 476 g/mol. The van der Waals surface area contributed by atoms with Crippen molar-refractivity contribution in [3.8, 4) is 5.69 Å². The molecule has 0 spiro atoms. The number of alkyl halides is 3. The number of likely N-dealkylation sites (N-methyl/N-ethyl adjacent to an activating group) is 1. The minimum atomic E-state index is -4.56. The number of aryl methyl sites for hydroxylation is 1. The number of anilines is 1. The molecule has 1 heterocycles. The van der Waals surface area contributed by atoms with Gasteiger partial charge in [-0.1, -0.05) is 12.1 Å². The molecular formula is C23H20F4N4O3. The van der Waals surface area contributed by atoms with Gasteiger partial charge in [0.05, 0.1) is 34.7 Å². The molecule has 0 atom stereocenters. The van der Waals surface area contributed by atoms with Crippen molar-refractivity contribution in [2.24, 2.45) is 0 Å². The van der Waals surface area contributed by atoms with Crippen molar-refractivity contribution >= 4 is 23.3 Å². The molecule has 3 aromatic rings. The molecule has 11 heteroatoms. The van der Waals surface area contributed by atoms with Gasteiger partial charge in [0.15, 0.2) is 0 Å². The van der Waals surface area contributed by atoms with Crippen molar-refractivity contribution in [1.82, 2.24) is 14.7 Å². The van der Waals surface area contributed by atoms with Crippen LogP contribution in [0.25, 0.3) is 5.69 Å². The van der Waals surface area contributed by atoms with Gasteiger partial charge in [-0.25, -0.2) is 9.07 Å². The Bertz CT molecular complexity index is 1270. The first-order valence-corrected chi connectivity index (χ1v) is 9.97. The van der Waals surface area contributed by atoms with Crippen LogP contribution in [0.4, 0.5) is 23.2 Å². The van der Waals surface area contributed by atoms with E-state index in [2.05, 4.69) is 10.4 Å². The largest absolute Gasteiger partial charge is 0.416 e. The van der Waals surface area contributed by atoms with Crippen LogP contribution < -0.4 is 5.32 Å². The van der Waals surface area contributed by atoms with Gasteiger partial charge in [-0.3, -0.25) is 14.4 Å². The second kappa shape index (κ2) is 9.46. The van der Waals surface area contributed by atoms with E-state index in [9.17, 15) is 31.9 Å². The molecule has 0 aliphatic carbocycles. The van der Waals surface area contributed by atoms with Gasteiger partial charge in [0.1, 0.15) is 5.82 Å². The molecule has 2 amide bonds. The minimum Gasteiger partial charge on any atom is -0.330 e. The lowest BCUT2D eigenvalue weighted by atomic mass is 10.1. The Morgan fingerprint density at radius 1 is 1.06 bits per heavy atom. The lowest BCUT2D eigenvalue weighted by Gasteiger charge is -2.16. The standard InChI is InChI=1S/C23H20F4N4O3/c1-13-20(14(2)31(29-13)18-9-4-6-15(10-18)23(25,26)27)21(33)22(34)30(3)12-19(32)28-17-8-5-7-16(24)11-17/h4-11H,12H2,1-3H3,(H,28,32). The third-order valence-corrected chi connectivity index (χ3v) is 4.97. The fourth-order valence-corrected chi connectivity index (χ4v) is 3.37. The van der Waals surface area contributed by atoms with Gasteiger partial charge in [-0.2, -0.15) is 18.3 Å². The van der Waals surface area contributed by atoms with Crippen LogP contribution in [0.2, 0.25) is 0 Å². The molecule has 0 fully saturated rings. The summed E-state index contributed by atoms with van der Waals surface area (Å²) in [5.74, 6) is -3.18. The van der Waals surface area contributed by atoms with E-state index in [-0.39, 0.29) is 28.3 Å². The van der Waals surface area contributed by atoms with Crippen LogP contribution in [-0.2, 0) is 15.8 Å². The van der Waals surface area contributed by atoms with Gasteiger partial charge in [-0.15, -0.1) is 0 Å². The van der Waals surface area contributed by atoms with Crippen LogP contribution in [0, 0.1) is 19.7 Å². The predicted molar refractivity (Wildman–Crippen MR) is 115 cm³/mol. The van der Waals surface area contributed by atoms with Gasteiger partial charge in [0, 0.05) is 12.7 Å². The Balaban J connectivity index is 1.78. The highest BCUT2D eigenvalue weighted by atomic mass is 19.4. The molecule has 178 valence electrons. The van der Waals surface area contributed by atoms with Crippen molar-refractivity contribution in [2.45, 2.75) is 20.0 Å². The Kier molecular flexibility index (Phi) is 6.85. The highest BCUT2D eigenvalue weighted by molar-refractivity contribution is 6.43. The topological polar surface area (TPSA) is 84.3 Å². The van der Waals surface area contributed by atoms with E-state index in [0.29, 0.717) is 0 Å². The number of carbonyl (C=O) groups excluding carboxylic acids is 3. The van der Waals surface area contributed by atoms with Crippen LogP contribution in [0.1, 0.15) is 27.3 Å². The van der Waals surface area contributed by atoms with Crippen LogP contribution in [0.5, 0.6) is 0 Å². The smallest absolute Gasteiger partial charge is 0.330 e. The van der Waals surface area contributed by atoms with Gasteiger partial charge in [0.25, 0.3) is 11.7 Å². The zero-order valence-corrected chi connectivity index (χ0v) is 18.4. The quantitative estimate of drug-likeness (QED) is 0.332. The lowest BCUT2D eigenvalue weighted by molar-refractivity contribution is -0.137. The minimum absolute atomic E-state index is 0.0696. The molecule has 0 bridgehead atoms. The molecule has 1 N–H and O–H groups in total. The average Bonchev–Trinajstić information content (AvgIpc) is 3.06. The van der Waals surface area contributed by atoms with E-state index in [1.54, 1.807) is 0 Å². The summed E-state index contributed by atoms with van der Waals surface area (Å²) in [7, 11) is 1.24. The number of halogens is 4. The number of carbonyl (C=O) groups is 3. The first-order chi connectivity index (χ1) is 15.9.